The highest BCUT2D eigenvalue weighted by molar-refractivity contribution is 5.69. The van der Waals surface area contributed by atoms with Crippen LogP contribution >= 0.6 is 0 Å². The summed E-state index contributed by atoms with van der Waals surface area (Å²) in [6, 6.07) is 17.6. The summed E-state index contributed by atoms with van der Waals surface area (Å²) in [4.78, 5) is 20.2. The predicted octanol–water partition coefficient (Wildman–Crippen LogP) is 8.21. The predicted molar refractivity (Wildman–Crippen MR) is 186 cm³/mol. The topological polar surface area (TPSA) is 53.3 Å². The van der Waals surface area contributed by atoms with Crippen molar-refractivity contribution in [2.24, 2.45) is 0 Å². The van der Waals surface area contributed by atoms with E-state index in [1.807, 2.05) is 29.1 Å². The second-order valence-corrected chi connectivity index (χ2v) is 11.3. The number of anilines is 2. The minimum Gasteiger partial charge on any atom is -0.368 e. The van der Waals surface area contributed by atoms with Crippen LogP contribution in [0.2, 0.25) is 0 Å². The van der Waals surface area contributed by atoms with E-state index in [-0.39, 0.29) is 0 Å². The number of piperazine rings is 1. The lowest BCUT2D eigenvalue weighted by atomic mass is 10.0. The van der Waals surface area contributed by atoms with Gasteiger partial charge in [-0.2, -0.15) is 4.39 Å². The molecule has 4 heterocycles. The summed E-state index contributed by atoms with van der Waals surface area (Å²) in [5.41, 5.74) is 6.32. The molecule has 0 unspecified atom stereocenters. The Labute approximate surface area is 268 Å². The van der Waals surface area contributed by atoms with Crippen LogP contribution in [-0.2, 0) is 6.54 Å². The van der Waals surface area contributed by atoms with E-state index in [0.717, 1.165) is 62.8 Å². The Balaban J connectivity index is 0.00000148. The van der Waals surface area contributed by atoms with Gasteiger partial charge in [-0.15, -0.1) is 0 Å². The molecule has 5 rings (SSSR count). The highest BCUT2D eigenvalue weighted by Gasteiger charge is 2.22. The van der Waals surface area contributed by atoms with Crippen molar-refractivity contribution in [2.75, 3.05) is 42.5 Å². The van der Waals surface area contributed by atoms with Crippen LogP contribution in [0.1, 0.15) is 58.1 Å². The maximum Gasteiger partial charge on any atom is 0.213 e. The first-order valence-electron chi connectivity index (χ1n) is 16.2. The molecule has 1 aliphatic rings. The van der Waals surface area contributed by atoms with Crippen molar-refractivity contribution < 1.29 is 4.39 Å². The van der Waals surface area contributed by atoms with E-state index in [2.05, 4.69) is 101 Å². The van der Waals surface area contributed by atoms with Gasteiger partial charge in [-0.3, -0.25) is 0 Å². The fourth-order valence-electron chi connectivity index (χ4n) is 5.62. The number of rotatable bonds is 11. The summed E-state index contributed by atoms with van der Waals surface area (Å²) in [5, 5.41) is 0. The SMILES string of the molecule is C=C(Cn1ccnc1-c1cccc(F)n1)N(CCC)c1ccc(/C(=C/CC)N2CCN(c3ccccn3)CC2)cc1C.CCC. The summed E-state index contributed by atoms with van der Waals surface area (Å²) in [7, 11) is 0. The number of aryl methyl sites for hydroxylation is 1. The Hall–Kier alpha value is -4.46. The molecule has 238 valence electrons. The van der Waals surface area contributed by atoms with E-state index in [0.29, 0.717) is 18.1 Å². The second kappa shape index (κ2) is 16.6. The maximum atomic E-state index is 13.8. The van der Waals surface area contributed by atoms with Gasteiger partial charge in [-0.1, -0.05) is 65.0 Å². The molecule has 1 aromatic carbocycles. The zero-order chi connectivity index (χ0) is 32.2. The molecule has 1 aliphatic heterocycles. The van der Waals surface area contributed by atoms with Crippen LogP contribution in [0.15, 0.2) is 91.5 Å². The fraction of sp³-hybridized carbons (Fsp3) is 0.378. The lowest BCUT2D eigenvalue weighted by molar-refractivity contribution is 0.365. The molecule has 45 heavy (non-hydrogen) atoms. The summed E-state index contributed by atoms with van der Waals surface area (Å²) >= 11 is 0. The zero-order valence-corrected chi connectivity index (χ0v) is 27.6. The molecule has 8 heteroatoms. The minimum absolute atomic E-state index is 0.506. The Morgan fingerprint density at radius 2 is 1.73 bits per heavy atom. The number of imidazole rings is 1. The normalized spacial score (nSPS) is 13.3. The molecular formula is C37H48FN7. The standard InChI is InChI=1S/C34H40FN7.C3H8/c1-5-10-31(39-20-22-40(23-21-39)33-13-7-8-16-36-33)28-14-15-30(26(3)24-28)42(18-6-2)27(4)25-41-19-17-37-34(41)29-11-9-12-32(35)38-29;1-3-2/h7-17,19,24H,4-6,18,20-23,25H2,1-3H3;3H2,1-2H3/b31-10-;. The zero-order valence-electron chi connectivity index (χ0n) is 27.6. The van der Waals surface area contributed by atoms with Gasteiger partial charge in [-0.05, 0) is 67.3 Å². The molecule has 4 aromatic rings. The van der Waals surface area contributed by atoms with Crippen molar-refractivity contribution >= 4 is 17.2 Å². The van der Waals surface area contributed by atoms with Crippen molar-refractivity contribution in [3.8, 4) is 11.5 Å². The molecule has 0 bridgehead atoms. The van der Waals surface area contributed by atoms with E-state index >= 15 is 0 Å². The lowest BCUT2D eigenvalue weighted by Crippen LogP contribution is -2.45. The van der Waals surface area contributed by atoms with Gasteiger partial charge in [0, 0.05) is 68.4 Å². The van der Waals surface area contributed by atoms with Crippen molar-refractivity contribution in [3.05, 3.63) is 109 Å². The molecule has 0 amide bonds. The molecule has 0 radical (unpaired) electrons. The molecule has 0 atom stereocenters. The fourth-order valence-corrected chi connectivity index (χ4v) is 5.62. The van der Waals surface area contributed by atoms with Gasteiger partial charge in [-0.25, -0.2) is 15.0 Å². The minimum atomic E-state index is -0.518. The van der Waals surface area contributed by atoms with E-state index < -0.39 is 5.95 Å². The molecule has 1 fully saturated rings. The third-order valence-corrected chi connectivity index (χ3v) is 7.62. The maximum absolute atomic E-state index is 13.8. The number of aromatic nitrogens is 4. The molecule has 7 nitrogen and oxygen atoms in total. The second-order valence-electron chi connectivity index (χ2n) is 11.3. The number of hydrogen-bond acceptors (Lipinski definition) is 6. The van der Waals surface area contributed by atoms with Crippen LogP contribution in [0, 0.1) is 12.9 Å². The summed E-state index contributed by atoms with van der Waals surface area (Å²) in [6.45, 7) is 20.4. The van der Waals surface area contributed by atoms with E-state index in [1.165, 1.54) is 29.3 Å². The third kappa shape index (κ3) is 8.59. The average Bonchev–Trinajstić information content (AvgIpc) is 3.52. The van der Waals surface area contributed by atoms with Crippen LogP contribution < -0.4 is 9.80 Å². The molecule has 0 spiro atoms. The molecular weight excluding hydrogens is 561 g/mol. The number of pyridine rings is 2. The third-order valence-electron chi connectivity index (χ3n) is 7.62. The first kappa shape index (κ1) is 33.4. The van der Waals surface area contributed by atoms with Gasteiger partial charge in [0.05, 0.1) is 6.54 Å². The highest BCUT2D eigenvalue weighted by Crippen LogP contribution is 2.31. The monoisotopic (exact) mass is 609 g/mol. The lowest BCUT2D eigenvalue weighted by Gasteiger charge is -2.38. The van der Waals surface area contributed by atoms with Crippen LogP contribution in [0.5, 0.6) is 0 Å². The molecule has 0 saturated carbocycles. The summed E-state index contributed by atoms with van der Waals surface area (Å²) in [5.74, 6) is 1.15. The van der Waals surface area contributed by atoms with E-state index in [4.69, 9.17) is 0 Å². The number of halogens is 1. The van der Waals surface area contributed by atoms with Crippen LogP contribution in [0.4, 0.5) is 15.9 Å². The van der Waals surface area contributed by atoms with E-state index in [1.54, 1.807) is 18.3 Å². The summed E-state index contributed by atoms with van der Waals surface area (Å²) in [6.07, 6.45) is 11.0. The average molecular weight is 610 g/mol. The molecule has 0 aliphatic carbocycles. The Kier molecular flexibility index (Phi) is 12.3. The summed E-state index contributed by atoms with van der Waals surface area (Å²) < 4.78 is 15.8. The van der Waals surface area contributed by atoms with Crippen LogP contribution in [0.25, 0.3) is 17.2 Å². The smallest absolute Gasteiger partial charge is 0.213 e. The molecule has 0 N–H and O–H groups in total. The van der Waals surface area contributed by atoms with Crippen LogP contribution in [0.3, 0.4) is 0 Å². The van der Waals surface area contributed by atoms with Gasteiger partial charge in [0.15, 0.2) is 5.82 Å². The quantitative estimate of drug-likeness (QED) is 0.160. The van der Waals surface area contributed by atoms with Crippen molar-refractivity contribution in [1.29, 1.82) is 0 Å². The van der Waals surface area contributed by atoms with Gasteiger partial charge in [0.1, 0.15) is 11.5 Å². The van der Waals surface area contributed by atoms with Crippen molar-refractivity contribution in [2.45, 2.75) is 60.4 Å². The molecule has 3 aromatic heterocycles. The van der Waals surface area contributed by atoms with Crippen molar-refractivity contribution in [3.63, 3.8) is 0 Å². The Bertz CT molecular complexity index is 1540. The first-order valence-corrected chi connectivity index (χ1v) is 16.2. The van der Waals surface area contributed by atoms with Crippen LogP contribution in [-0.4, -0.2) is 57.1 Å². The molecule has 1 saturated heterocycles. The number of benzene rings is 1. The van der Waals surface area contributed by atoms with Crippen molar-refractivity contribution in [1.82, 2.24) is 24.4 Å². The van der Waals surface area contributed by atoms with Gasteiger partial charge >= 0.3 is 0 Å². The number of nitrogens with zero attached hydrogens (tertiary/aromatic N) is 7. The highest BCUT2D eigenvalue weighted by atomic mass is 19.1. The van der Waals surface area contributed by atoms with Gasteiger partial charge in [0.25, 0.3) is 0 Å². The van der Waals surface area contributed by atoms with Gasteiger partial charge in [0.2, 0.25) is 5.95 Å². The Morgan fingerprint density at radius 1 is 0.956 bits per heavy atom. The van der Waals surface area contributed by atoms with Gasteiger partial charge < -0.3 is 19.3 Å². The largest absolute Gasteiger partial charge is 0.368 e. The number of hydrogen-bond donors (Lipinski definition) is 0. The van der Waals surface area contributed by atoms with E-state index in [9.17, 15) is 4.39 Å². The Morgan fingerprint density at radius 3 is 2.38 bits per heavy atom. The first-order chi connectivity index (χ1) is 21.9. The number of allylic oxidation sites excluding steroid dienone is 2.